The molecule has 0 atom stereocenters. The van der Waals surface area contributed by atoms with E-state index in [-0.39, 0.29) is 0 Å². The van der Waals surface area contributed by atoms with Crippen molar-refractivity contribution in [1.29, 1.82) is 0 Å². The number of phenols is 2. The number of hydrogen-bond donors (Lipinski definition) is 2. The van der Waals surface area contributed by atoms with E-state index in [0.29, 0.717) is 11.5 Å². The molecular weight excluding hydrogens is 416 g/mol. The van der Waals surface area contributed by atoms with E-state index in [1.165, 1.54) is 27.1 Å². The van der Waals surface area contributed by atoms with Gasteiger partial charge < -0.3 is 10.2 Å². The molecule has 0 fully saturated rings. The van der Waals surface area contributed by atoms with E-state index in [1.807, 2.05) is 54.6 Å². The molecule has 6 rings (SSSR count). The van der Waals surface area contributed by atoms with E-state index in [0.717, 1.165) is 16.7 Å². The van der Waals surface area contributed by atoms with Gasteiger partial charge in [0.05, 0.1) is 0 Å². The Balaban J connectivity index is 0.000000142. The van der Waals surface area contributed by atoms with E-state index >= 15 is 0 Å². The van der Waals surface area contributed by atoms with Crippen LogP contribution in [0.5, 0.6) is 11.5 Å². The molecule has 6 aromatic carbocycles. The van der Waals surface area contributed by atoms with Crippen LogP contribution in [0.4, 0.5) is 0 Å². The van der Waals surface area contributed by atoms with Gasteiger partial charge in [0.25, 0.3) is 0 Å². The Hall–Kier alpha value is -4.56. The summed E-state index contributed by atoms with van der Waals surface area (Å²) in [5.41, 5.74) is 4.52. The minimum absolute atomic E-state index is 0.300. The summed E-state index contributed by atoms with van der Waals surface area (Å²) in [7, 11) is 0. The number of benzene rings is 6. The van der Waals surface area contributed by atoms with E-state index in [1.54, 1.807) is 24.3 Å². The minimum Gasteiger partial charge on any atom is -0.508 e. The number of fused-ring (bicyclic) bond motifs is 2. The zero-order valence-electron chi connectivity index (χ0n) is 18.6. The minimum atomic E-state index is 0.300. The third-order valence-electron chi connectivity index (χ3n) is 5.91. The van der Waals surface area contributed by atoms with Gasteiger partial charge in [0.1, 0.15) is 11.5 Å². The molecule has 2 nitrogen and oxygen atoms in total. The van der Waals surface area contributed by atoms with Crippen molar-refractivity contribution in [3.63, 3.8) is 0 Å². The third-order valence-corrected chi connectivity index (χ3v) is 5.91. The van der Waals surface area contributed by atoms with Gasteiger partial charge in [-0.15, -0.1) is 0 Å². The molecule has 0 unspecified atom stereocenters. The van der Waals surface area contributed by atoms with E-state index in [4.69, 9.17) is 0 Å². The van der Waals surface area contributed by atoms with Gasteiger partial charge in [-0.25, -0.2) is 0 Å². The van der Waals surface area contributed by atoms with Gasteiger partial charge in [-0.1, -0.05) is 109 Å². The first kappa shape index (κ1) is 21.3. The lowest BCUT2D eigenvalue weighted by Gasteiger charge is -2.06. The third kappa shape index (κ3) is 4.48. The van der Waals surface area contributed by atoms with Crippen LogP contribution in [0.15, 0.2) is 133 Å². The van der Waals surface area contributed by atoms with Gasteiger partial charge in [0.2, 0.25) is 0 Å². The Labute approximate surface area is 199 Å². The van der Waals surface area contributed by atoms with Crippen molar-refractivity contribution >= 4 is 21.5 Å². The zero-order chi connectivity index (χ0) is 23.3. The van der Waals surface area contributed by atoms with Gasteiger partial charge in [-0.3, -0.25) is 0 Å². The van der Waals surface area contributed by atoms with Crippen molar-refractivity contribution < 1.29 is 10.2 Å². The molecule has 0 aromatic heterocycles. The summed E-state index contributed by atoms with van der Waals surface area (Å²) in [4.78, 5) is 0. The predicted octanol–water partition coefficient (Wildman–Crippen LogP) is 8.42. The van der Waals surface area contributed by atoms with Crippen LogP contribution in [-0.4, -0.2) is 10.2 Å². The summed E-state index contributed by atoms with van der Waals surface area (Å²) in [6.07, 6.45) is 0. The van der Waals surface area contributed by atoms with E-state index in [2.05, 4.69) is 54.6 Å². The van der Waals surface area contributed by atoms with E-state index in [9.17, 15) is 10.2 Å². The van der Waals surface area contributed by atoms with Crippen LogP contribution >= 0.6 is 0 Å². The quantitative estimate of drug-likeness (QED) is 0.284. The zero-order valence-corrected chi connectivity index (χ0v) is 18.6. The van der Waals surface area contributed by atoms with Gasteiger partial charge >= 0.3 is 0 Å². The fourth-order valence-corrected chi connectivity index (χ4v) is 4.27. The lowest BCUT2D eigenvalue weighted by molar-refractivity contribution is 0.475. The largest absolute Gasteiger partial charge is 0.508 e. The average Bonchev–Trinajstić information content (AvgIpc) is 2.89. The first-order valence-electron chi connectivity index (χ1n) is 11.2. The van der Waals surface area contributed by atoms with Crippen LogP contribution < -0.4 is 0 Å². The maximum atomic E-state index is 9.55. The summed E-state index contributed by atoms with van der Waals surface area (Å²) in [5, 5.41) is 23.8. The molecule has 0 heterocycles. The fraction of sp³-hybridized carbons (Fsp3) is 0. The molecule has 0 aliphatic heterocycles. The van der Waals surface area contributed by atoms with Crippen molar-refractivity contribution in [2.24, 2.45) is 0 Å². The van der Waals surface area contributed by atoms with Gasteiger partial charge in [0, 0.05) is 0 Å². The SMILES string of the molecule is Oc1ccc(-c2cccc3ccccc23)cc1.Oc1cccc(-c2cccc3ccccc23)c1. The summed E-state index contributed by atoms with van der Waals surface area (Å²) in [6.45, 7) is 0. The van der Waals surface area contributed by atoms with Crippen LogP contribution in [0.25, 0.3) is 43.8 Å². The van der Waals surface area contributed by atoms with Crippen molar-refractivity contribution in [3.8, 4) is 33.8 Å². The molecule has 0 saturated heterocycles. The number of rotatable bonds is 2. The molecule has 6 aromatic rings. The molecule has 0 bridgehead atoms. The van der Waals surface area contributed by atoms with Crippen LogP contribution in [0.3, 0.4) is 0 Å². The van der Waals surface area contributed by atoms with Gasteiger partial charge in [-0.05, 0) is 68.1 Å². The molecular formula is C32H24O2. The first-order valence-corrected chi connectivity index (χ1v) is 11.2. The summed E-state index contributed by atoms with van der Waals surface area (Å²) >= 11 is 0. The number of phenolic OH excluding ortho intramolecular Hbond substituents is 2. The molecule has 2 heteroatoms. The Bertz CT molecular complexity index is 1560. The van der Waals surface area contributed by atoms with Crippen molar-refractivity contribution in [3.05, 3.63) is 133 Å². The lowest BCUT2D eigenvalue weighted by Crippen LogP contribution is -1.80. The molecule has 0 saturated carbocycles. The molecule has 2 N–H and O–H groups in total. The summed E-state index contributed by atoms with van der Waals surface area (Å²) in [6, 6.07) is 43.8. The number of aromatic hydroxyl groups is 2. The maximum Gasteiger partial charge on any atom is 0.116 e. The normalized spacial score (nSPS) is 10.6. The second kappa shape index (κ2) is 9.51. The summed E-state index contributed by atoms with van der Waals surface area (Å²) < 4.78 is 0. The molecule has 0 amide bonds. The maximum absolute atomic E-state index is 9.55. The molecule has 0 radical (unpaired) electrons. The second-order valence-corrected chi connectivity index (χ2v) is 8.15. The predicted molar refractivity (Wildman–Crippen MR) is 142 cm³/mol. The fourth-order valence-electron chi connectivity index (χ4n) is 4.27. The summed E-state index contributed by atoms with van der Waals surface area (Å²) in [5.74, 6) is 0.601. The van der Waals surface area contributed by atoms with Crippen molar-refractivity contribution in [2.75, 3.05) is 0 Å². The number of hydrogen-bond acceptors (Lipinski definition) is 2. The molecule has 0 aliphatic carbocycles. The van der Waals surface area contributed by atoms with Gasteiger partial charge in [0.15, 0.2) is 0 Å². The molecule has 34 heavy (non-hydrogen) atoms. The van der Waals surface area contributed by atoms with Crippen LogP contribution in [0, 0.1) is 0 Å². The average molecular weight is 441 g/mol. The van der Waals surface area contributed by atoms with Crippen molar-refractivity contribution in [2.45, 2.75) is 0 Å². The highest BCUT2D eigenvalue weighted by molar-refractivity contribution is 5.97. The van der Waals surface area contributed by atoms with Crippen LogP contribution in [0.1, 0.15) is 0 Å². The smallest absolute Gasteiger partial charge is 0.116 e. The van der Waals surface area contributed by atoms with Gasteiger partial charge in [-0.2, -0.15) is 0 Å². The molecule has 0 aliphatic rings. The highest BCUT2D eigenvalue weighted by atomic mass is 16.3. The van der Waals surface area contributed by atoms with Crippen molar-refractivity contribution in [1.82, 2.24) is 0 Å². The highest BCUT2D eigenvalue weighted by Crippen LogP contribution is 2.31. The Morgan fingerprint density at radius 2 is 0.853 bits per heavy atom. The Morgan fingerprint density at radius 1 is 0.353 bits per heavy atom. The monoisotopic (exact) mass is 440 g/mol. The topological polar surface area (TPSA) is 40.5 Å². The standard InChI is InChI=1S/2C16H12O/c17-14-8-3-7-13(11-14)16-10-4-6-12-5-1-2-9-15(12)16;17-14-10-8-13(9-11-14)16-7-3-5-12-4-1-2-6-15(12)16/h2*1-11,17H. The first-order chi connectivity index (χ1) is 16.7. The van der Waals surface area contributed by atoms with E-state index < -0.39 is 0 Å². The Kier molecular flexibility index (Phi) is 5.96. The highest BCUT2D eigenvalue weighted by Gasteiger charge is 2.04. The van der Waals surface area contributed by atoms with Crippen LogP contribution in [-0.2, 0) is 0 Å². The molecule has 164 valence electrons. The molecule has 0 spiro atoms. The van der Waals surface area contributed by atoms with Crippen LogP contribution in [0.2, 0.25) is 0 Å². The Morgan fingerprint density at radius 3 is 1.44 bits per heavy atom. The second-order valence-electron chi connectivity index (χ2n) is 8.15. The lowest BCUT2D eigenvalue weighted by atomic mass is 9.98.